The number of rotatable bonds is 6. The van der Waals surface area contributed by atoms with Crippen molar-refractivity contribution in [2.24, 2.45) is 0 Å². The van der Waals surface area contributed by atoms with Crippen LogP contribution in [-0.2, 0) is 10.0 Å². The molecule has 0 aliphatic rings. The molecule has 2 aromatic carbocycles. The van der Waals surface area contributed by atoms with Gasteiger partial charge in [-0.25, -0.2) is 17.5 Å². The standard InChI is InChI=1S/C16H18BrFN2O2S/c1-20(2)15(12-6-5-7-13(18)10-12)11-19-23(21,22)16-9-4-3-8-14(16)17/h3-10,15,19H,11H2,1-2H3/t15-/m1/s1. The van der Waals surface area contributed by atoms with E-state index in [9.17, 15) is 12.8 Å². The van der Waals surface area contributed by atoms with E-state index in [0.717, 1.165) is 0 Å². The zero-order valence-electron chi connectivity index (χ0n) is 12.8. The van der Waals surface area contributed by atoms with Crippen molar-refractivity contribution >= 4 is 26.0 Å². The maximum Gasteiger partial charge on any atom is 0.241 e. The average molecular weight is 401 g/mol. The minimum Gasteiger partial charge on any atom is -0.301 e. The second kappa shape index (κ2) is 7.53. The highest BCUT2D eigenvalue weighted by Gasteiger charge is 2.21. The summed E-state index contributed by atoms with van der Waals surface area (Å²) in [7, 11) is -0.0115. The summed E-state index contributed by atoms with van der Waals surface area (Å²) in [6.45, 7) is 0.139. The molecule has 0 unspecified atom stereocenters. The molecule has 0 spiro atoms. The second-order valence-electron chi connectivity index (χ2n) is 5.32. The molecule has 1 atom stereocenters. The van der Waals surface area contributed by atoms with E-state index in [4.69, 9.17) is 0 Å². The predicted molar refractivity (Wildman–Crippen MR) is 92.2 cm³/mol. The third-order valence-corrected chi connectivity index (χ3v) is 5.89. The molecule has 0 aliphatic carbocycles. The van der Waals surface area contributed by atoms with Gasteiger partial charge in [-0.05, 0) is 59.9 Å². The first kappa shape index (κ1) is 18.1. The predicted octanol–water partition coefficient (Wildman–Crippen LogP) is 3.17. The van der Waals surface area contributed by atoms with Gasteiger partial charge < -0.3 is 4.90 Å². The van der Waals surface area contributed by atoms with Crippen molar-refractivity contribution in [3.8, 4) is 0 Å². The van der Waals surface area contributed by atoms with E-state index in [1.165, 1.54) is 18.2 Å². The van der Waals surface area contributed by atoms with Crippen LogP contribution in [0, 0.1) is 5.82 Å². The Hall–Kier alpha value is -1.28. The van der Waals surface area contributed by atoms with Crippen LogP contribution >= 0.6 is 15.9 Å². The van der Waals surface area contributed by atoms with E-state index >= 15 is 0 Å². The number of nitrogens with one attached hydrogen (secondary N) is 1. The summed E-state index contributed by atoms with van der Waals surface area (Å²) in [5.41, 5.74) is 0.713. The highest BCUT2D eigenvalue weighted by atomic mass is 79.9. The van der Waals surface area contributed by atoms with Crippen molar-refractivity contribution in [2.75, 3.05) is 20.6 Å². The molecule has 4 nitrogen and oxygen atoms in total. The molecule has 0 fully saturated rings. The van der Waals surface area contributed by atoms with E-state index in [-0.39, 0.29) is 23.3 Å². The van der Waals surface area contributed by atoms with Crippen molar-refractivity contribution in [1.82, 2.24) is 9.62 Å². The Balaban J connectivity index is 2.21. The zero-order valence-corrected chi connectivity index (χ0v) is 15.2. The smallest absolute Gasteiger partial charge is 0.241 e. The van der Waals surface area contributed by atoms with Crippen molar-refractivity contribution in [3.05, 3.63) is 64.4 Å². The summed E-state index contributed by atoms with van der Waals surface area (Å²) in [5, 5.41) is 0. The van der Waals surface area contributed by atoms with Crippen molar-refractivity contribution in [1.29, 1.82) is 0 Å². The molecule has 0 aromatic heterocycles. The molecule has 0 heterocycles. The van der Waals surface area contributed by atoms with Crippen molar-refractivity contribution in [3.63, 3.8) is 0 Å². The number of nitrogens with zero attached hydrogens (tertiary/aromatic N) is 1. The topological polar surface area (TPSA) is 49.4 Å². The summed E-state index contributed by atoms with van der Waals surface area (Å²) in [6, 6.07) is 12.5. The lowest BCUT2D eigenvalue weighted by Crippen LogP contribution is -2.34. The van der Waals surface area contributed by atoms with Gasteiger partial charge in [-0.1, -0.05) is 24.3 Å². The van der Waals surface area contributed by atoms with E-state index in [2.05, 4.69) is 20.7 Å². The van der Waals surface area contributed by atoms with Crippen molar-refractivity contribution in [2.45, 2.75) is 10.9 Å². The molecular weight excluding hydrogens is 383 g/mol. The maximum atomic E-state index is 13.4. The molecular formula is C16H18BrFN2O2S. The first-order valence-electron chi connectivity index (χ1n) is 6.97. The van der Waals surface area contributed by atoms with Crippen LogP contribution in [0.15, 0.2) is 57.9 Å². The Kier molecular flexibility index (Phi) is 5.91. The van der Waals surface area contributed by atoms with Gasteiger partial charge in [0, 0.05) is 17.1 Å². The summed E-state index contributed by atoms with van der Waals surface area (Å²) in [5.74, 6) is -0.344. The fourth-order valence-electron chi connectivity index (χ4n) is 2.24. The molecule has 0 saturated carbocycles. The molecule has 1 N–H and O–H groups in total. The Bertz CT molecular complexity index is 781. The number of hydrogen-bond donors (Lipinski definition) is 1. The molecule has 2 rings (SSSR count). The van der Waals surface area contributed by atoms with Gasteiger partial charge in [0.15, 0.2) is 0 Å². The highest BCUT2D eigenvalue weighted by Crippen LogP contribution is 2.23. The SMILES string of the molecule is CN(C)[C@H](CNS(=O)(=O)c1ccccc1Br)c1cccc(F)c1. The Morgan fingerprint density at radius 2 is 1.87 bits per heavy atom. The minimum absolute atomic E-state index is 0.139. The van der Waals surface area contributed by atoms with Gasteiger partial charge >= 0.3 is 0 Å². The second-order valence-corrected chi connectivity index (χ2v) is 7.91. The van der Waals surface area contributed by atoms with Crippen LogP contribution in [-0.4, -0.2) is 34.0 Å². The largest absolute Gasteiger partial charge is 0.301 e. The third-order valence-electron chi connectivity index (χ3n) is 3.45. The summed E-state index contributed by atoms with van der Waals surface area (Å²) >= 11 is 3.24. The highest BCUT2D eigenvalue weighted by molar-refractivity contribution is 9.10. The quantitative estimate of drug-likeness (QED) is 0.809. The molecule has 2 aromatic rings. The number of benzene rings is 2. The van der Waals surface area contributed by atoms with Crippen LogP contribution in [0.2, 0.25) is 0 Å². The first-order chi connectivity index (χ1) is 10.8. The van der Waals surface area contributed by atoms with Gasteiger partial charge in [0.1, 0.15) is 5.82 Å². The molecule has 0 amide bonds. The molecule has 0 radical (unpaired) electrons. The normalized spacial score (nSPS) is 13.3. The first-order valence-corrected chi connectivity index (χ1v) is 9.25. The summed E-state index contributed by atoms with van der Waals surface area (Å²) in [4.78, 5) is 2.02. The van der Waals surface area contributed by atoms with E-state index in [0.29, 0.717) is 10.0 Å². The van der Waals surface area contributed by atoms with Crippen molar-refractivity contribution < 1.29 is 12.8 Å². The molecule has 0 bridgehead atoms. The monoisotopic (exact) mass is 400 g/mol. The average Bonchev–Trinajstić information content (AvgIpc) is 2.47. The molecule has 7 heteroatoms. The Morgan fingerprint density at radius 1 is 1.17 bits per heavy atom. The van der Waals surface area contributed by atoms with Gasteiger partial charge in [0.05, 0.1) is 4.90 Å². The molecule has 124 valence electrons. The van der Waals surface area contributed by atoms with Gasteiger partial charge in [-0.3, -0.25) is 0 Å². The van der Waals surface area contributed by atoms with Crippen LogP contribution in [0.25, 0.3) is 0 Å². The van der Waals surface area contributed by atoms with Gasteiger partial charge in [0.25, 0.3) is 0 Å². The van der Waals surface area contributed by atoms with Crippen LogP contribution in [0.3, 0.4) is 0 Å². The minimum atomic E-state index is -3.65. The Labute approximate surface area is 144 Å². The number of halogens is 2. The molecule has 23 heavy (non-hydrogen) atoms. The fourth-order valence-corrected chi connectivity index (χ4v) is 4.28. The fraction of sp³-hybridized carbons (Fsp3) is 0.250. The van der Waals surface area contributed by atoms with Gasteiger partial charge in [0.2, 0.25) is 10.0 Å². The van der Waals surface area contributed by atoms with Crippen LogP contribution in [0.5, 0.6) is 0 Å². The summed E-state index contributed by atoms with van der Waals surface area (Å²) < 4.78 is 41.4. The van der Waals surface area contributed by atoms with E-state index in [1.54, 1.807) is 30.3 Å². The number of likely N-dealkylation sites (N-methyl/N-ethyl adjacent to an activating group) is 1. The summed E-state index contributed by atoms with van der Waals surface area (Å²) in [6.07, 6.45) is 0. The van der Waals surface area contributed by atoms with E-state index in [1.807, 2.05) is 19.0 Å². The zero-order chi connectivity index (χ0) is 17.0. The maximum absolute atomic E-state index is 13.4. The van der Waals surface area contributed by atoms with Gasteiger partial charge in [-0.15, -0.1) is 0 Å². The van der Waals surface area contributed by atoms with Gasteiger partial charge in [-0.2, -0.15) is 0 Å². The van der Waals surface area contributed by atoms with E-state index < -0.39 is 10.0 Å². The Morgan fingerprint density at radius 3 is 2.48 bits per heavy atom. The van der Waals surface area contributed by atoms with Crippen LogP contribution in [0.4, 0.5) is 4.39 Å². The lowest BCUT2D eigenvalue weighted by molar-refractivity contribution is 0.299. The van der Waals surface area contributed by atoms with Crippen LogP contribution < -0.4 is 4.72 Å². The lowest BCUT2D eigenvalue weighted by atomic mass is 10.1. The number of sulfonamides is 1. The molecule has 0 saturated heterocycles. The van der Waals surface area contributed by atoms with Crippen LogP contribution in [0.1, 0.15) is 11.6 Å². The third kappa shape index (κ3) is 4.60. The lowest BCUT2D eigenvalue weighted by Gasteiger charge is -2.25. The molecule has 0 aliphatic heterocycles. The number of hydrogen-bond acceptors (Lipinski definition) is 3.